The number of benzene rings is 2. The van der Waals surface area contributed by atoms with Crippen LogP contribution in [0.5, 0.6) is 5.75 Å². The van der Waals surface area contributed by atoms with Crippen molar-refractivity contribution < 1.29 is 18.8 Å². The quantitative estimate of drug-likeness (QED) is 0.553. The predicted molar refractivity (Wildman–Crippen MR) is 111 cm³/mol. The van der Waals surface area contributed by atoms with Crippen LogP contribution in [0, 0.1) is 0 Å². The van der Waals surface area contributed by atoms with Crippen LogP contribution in [0.2, 0.25) is 0 Å². The number of anilines is 1. The van der Waals surface area contributed by atoms with Crippen LogP contribution in [0.1, 0.15) is 18.1 Å². The Morgan fingerprint density at radius 3 is 2.48 bits per heavy atom. The lowest BCUT2D eigenvalue weighted by molar-refractivity contribution is -0.149. The minimum Gasteiger partial charge on any atom is -0.479 e. The number of nitrogens with one attached hydrogen (secondary N) is 1. The SMILES string of the molecule is CCOC(Cc1ccc(NC/C=C/c2ccc(OSC)cc2)cc1)C(=O)O. The van der Waals surface area contributed by atoms with Gasteiger partial charge in [0.2, 0.25) is 0 Å². The molecule has 0 amide bonds. The van der Waals surface area contributed by atoms with Crippen molar-refractivity contribution in [2.45, 2.75) is 19.4 Å². The van der Waals surface area contributed by atoms with Gasteiger partial charge in [0.25, 0.3) is 0 Å². The van der Waals surface area contributed by atoms with Gasteiger partial charge in [-0.05, 0) is 42.3 Å². The largest absolute Gasteiger partial charge is 0.479 e. The van der Waals surface area contributed by atoms with E-state index in [2.05, 4.69) is 5.32 Å². The maximum absolute atomic E-state index is 11.2. The van der Waals surface area contributed by atoms with E-state index in [1.165, 1.54) is 12.0 Å². The third-order valence-corrected chi connectivity index (χ3v) is 4.17. The van der Waals surface area contributed by atoms with Crippen molar-refractivity contribution in [3.8, 4) is 5.75 Å². The standard InChI is InChI=1S/C21H25NO4S/c1-3-25-20(21(23)24)15-17-6-10-18(11-7-17)22-14-4-5-16-8-12-19(13-9-16)26-27-2/h4-13,20,22H,3,14-15H2,1-2H3,(H,23,24)/b5-4+. The average Bonchev–Trinajstić information content (AvgIpc) is 2.67. The van der Waals surface area contributed by atoms with Gasteiger partial charge in [0.15, 0.2) is 6.10 Å². The smallest absolute Gasteiger partial charge is 0.333 e. The molecule has 0 aliphatic heterocycles. The Balaban J connectivity index is 1.81. The minimum atomic E-state index is -0.933. The van der Waals surface area contributed by atoms with Crippen molar-refractivity contribution in [2.24, 2.45) is 0 Å². The number of aliphatic carboxylic acids is 1. The van der Waals surface area contributed by atoms with Crippen LogP contribution >= 0.6 is 12.0 Å². The summed E-state index contributed by atoms with van der Waals surface area (Å²) in [5.41, 5.74) is 3.02. The van der Waals surface area contributed by atoms with Gasteiger partial charge in [-0.2, -0.15) is 0 Å². The number of carboxylic acids is 1. The molecule has 5 nitrogen and oxygen atoms in total. The zero-order chi connectivity index (χ0) is 19.5. The van der Waals surface area contributed by atoms with Gasteiger partial charge < -0.3 is 19.3 Å². The Kier molecular flexibility index (Phi) is 8.74. The summed E-state index contributed by atoms with van der Waals surface area (Å²) >= 11 is 1.32. The highest BCUT2D eigenvalue weighted by Gasteiger charge is 2.17. The first-order valence-corrected chi connectivity index (χ1v) is 9.92. The predicted octanol–water partition coefficient (Wildman–Crippen LogP) is 4.50. The van der Waals surface area contributed by atoms with E-state index >= 15 is 0 Å². The normalized spacial score (nSPS) is 12.1. The number of ether oxygens (including phenoxy) is 1. The Morgan fingerprint density at radius 2 is 1.89 bits per heavy atom. The molecule has 0 fully saturated rings. The van der Waals surface area contributed by atoms with Gasteiger partial charge in [0, 0.05) is 31.5 Å². The molecule has 27 heavy (non-hydrogen) atoms. The maximum Gasteiger partial charge on any atom is 0.333 e. The fourth-order valence-electron chi connectivity index (χ4n) is 2.49. The Labute approximate surface area is 164 Å². The van der Waals surface area contributed by atoms with Gasteiger partial charge in [0.05, 0.1) is 12.0 Å². The number of carboxylic acid groups (broad SMARTS) is 1. The van der Waals surface area contributed by atoms with Crippen molar-refractivity contribution in [3.63, 3.8) is 0 Å². The molecule has 2 N–H and O–H groups in total. The first-order chi connectivity index (χ1) is 13.1. The second-order valence-corrected chi connectivity index (χ2v) is 6.29. The molecule has 1 unspecified atom stereocenters. The van der Waals surface area contributed by atoms with E-state index in [0.29, 0.717) is 19.6 Å². The second-order valence-electron chi connectivity index (χ2n) is 5.79. The van der Waals surface area contributed by atoms with Crippen molar-refractivity contribution in [3.05, 3.63) is 65.7 Å². The van der Waals surface area contributed by atoms with E-state index in [0.717, 1.165) is 22.6 Å². The Hall–Kier alpha value is -2.44. The van der Waals surface area contributed by atoms with Crippen LogP contribution in [0.3, 0.4) is 0 Å². The Morgan fingerprint density at radius 1 is 1.19 bits per heavy atom. The average molecular weight is 388 g/mol. The van der Waals surface area contributed by atoms with Gasteiger partial charge in [0.1, 0.15) is 5.75 Å². The first kappa shape index (κ1) is 20.9. The van der Waals surface area contributed by atoms with Gasteiger partial charge in [-0.3, -0.25) is 0 Å². The van der Waals surface area contributed by atoms with E-state index in [1.54, 1.807) is 6.92 Å². The van der Waals surface area contributed by atoms with Crippen LogP contribution in [0.4, 0.5) is 5.69 Å². The topological polar surface area (TPSA) is 67.8 Å². The molecule has 0 bridgehead atoms. The zero-order valence-corrected chi connectivity index (χ0v) is 16.4. The molecule has 144 valence electrons. The summed E-state index contributed by atoms with van der Waals surface area (Å²) in [6.45, 7) is 2.87. The summed E-state index contributed by atoms with van der Waals surface area (Å²) in [7, 11) is 0. The van der Waals surface area contributed by atoms with Crippen LogP contribution in [-0.2, 0) is 16.0 Å². The fraction of sp³-hybridized carbons (Fsp3) is 0.286. The molecule has 0 spiro atoms. The van der Waals surface area contributed by atoms with Crippen LogP contribution in [0.25, 0.3) is 6.08 Å². The lowest BCUT2D eigenvalue weighted by Gasteiger charge is -2.12. The molecule has 0 heterocycles. The van der Waals surface area contributed by atoms with E-state index < -0.39 is 12.1 Å². The van der Waals surface area contributed by atoms with Gasteiger partial charge in [-0.1, -0.05) is 36.4 Å². The number of hydrogen-bond acceptors (Lipinski definition) is 5. The molecule has 0 aromatic heterocycles. The second kappa shape index (κ2) is 11.3. The lowest BCUT2D eigenvalue weighted by Crippen LogP contribution is -2.26. The van der Waals surface area contributed by atoms with Crippen molar-refractivity contribution in [1.29, 1.82) is 0 Å². The summed E-state index contributed by atoms with van der Waals surface area (Å²) in [6, 6.07) is 15.6. The summed E-state index contributed by atoms with van der Waals surface area (Å²) < 4.78 is 10.6. The molecular formula is C21H25NO4S. The van der Waals surface area contributed by atoms with Gasteiger partial charge in [-0.15, -0.1) is 0 Å². The van der Waals surface area contributed by atoms with Gasteiger partial charge >= 0.3 is 5.97 Å². The zero-order valence-electron chi connectivity index (χ0n) is 15.6. The van der Waals surface area contributed by atoms with Crippen molar-refractivity contribution in [1.82, 2.24) is 0 Å². The monoisotopic (exact) mass is 387 g/mol. The van der Waals surface area contributed by atoms with E-state index in [-0.39, 0.29) is 0 Å². The molecule has 0 saturated heterocycles. The molecule has 2 aromatic carbocycles. The summed E-state index contributed by atoms with van der Waals surface area (Å²) in [6.07, 6.45) is 5.54. The third kappa shape index (κ3) is 7.37. The minimum absolute atomic E-state index is 0.361. The number of hydrogen-bond donors (Lipinski definition) is 2. The molecule has 6 heteroatoms. The number of carbonyl (C=O) groups is 1. The molecule has 0 aliphatic carbocycles. The van der Waals surface area contributed by atoms with E-state index in [9.17, 15) is 4.79 Å². The molecule has 0 saturated carbocycles. The highest BCUT2D eigenvalue weighted by Crippen LogP contribution is 2.16. The number of rotatable bonds is 11. The maximum atomic E-state index is 11.2. The highest BCUT2D eigenvalue weighted by atomic mass is 32.2. The molecule has 2 rings (SSSR count). The summed E-state index contributed by atoms with van der Waals surface area (Å²) in [5, 5.41) is 12.5. The summed E-state index contributed by atoms with van der Waals surface area (Å²) in [4.78, 5) is 11.2. The van der Waals surface area contributed by atoms with Crippen LogP contribution in [0.15, 0.2) is 54.6 Å². The summed E-state index contributed by atoms with van der Waals surface area (Å²) in [5.74, 6) is -0.0930. The Bertz CT molecular complexity index is 729. The third-order valence-electron chi connectivity index (χ3n) is 3.81. The molecular weight excluding hydrogens is 362 g/mol. The first-order valence-electron chi connectivity index (χ1n) is 8.77. The highest BCUT2D eigenvalue weighted by molar-refractivity contribution is 7.94. The fourth-order valence-corrected chi connectivity index (χ4v) is 2.80. The lowest BCUT2D eigenvalue weighted by atomic mass is 10.1. The molecule has 0 radical (unpaired) electrons. The van der Waals surface area contributed by atoms with Crippen molar-refractivity contribution >= 4 is 29.8 Å². The molecule has 2 aromatic rings. The van der Waals surface area contributed by atoms with E-state index in [4.69, 9.17) is 14.0 Å². The van der Waals surface area contributed by atoms with Crippen LogP contribution < -0.4 is 9.50 Å². The van der Waals surface area contributed by atoms with Crippen LogP contribution in [-0.4, -0.2) is 36.6 Å². The molecule has 1 atom stereocenters. The van der Waals surface area contributed by atoms with Crippen molar-refractivity contribution in [2.75, 3.05) is 24.7 Å². The van der Waals surface area contributed by atoms with Gasteiger partial charge in [-0.25, -0.2) is 4.79 Å². The van der Waals surface area contributed by atoms with E-state index in [1.807, 2.05) is 66.9 Å². The molecule has 0 aliphatic rings.